The van der Waals surface area contributed by atoms with E-state index in [0.29, 0.717) is 188 Å². The highest BCUT2D eigenvalue weighted by Gasteiger charge is 2.47. The second kappa shape index (κ2) is 40.2. The zero-order valence-electron chi connectivity index (χ0n) is 76.6. The lowest BCUT2D eigenvalue weighted by molar-refractivity contribution is -0.127. The molecule has 134 heavy (non-hydrogen) atoms. The van der Waals surface area contributed by atoms with Crippen LogP contribution in [0.5, 0.6) is 0 Å². The van der Waals surface area contributed by atoms with Crippen LogP contribution in [-0.4, -0.2) is 198 Å². The minimum Gasteiger partial charge on any atom is -0.348 e. The molecular formula is C94H106F4N24O8S4. The number of rotatable bonds is 28. The third-order valence-corrected chi connectivity index (χ3v) is 29.1. The van der Waals surface area contributed by atoms with Crippen LogP contribution in [0, 0.1) is 97.3 Å². The monoisotopic (exact) mass is 1900 g/mol. The minimum atomic E-state index is -0.429. The van der Waals surface area contributed by atoms with E-state index in [2.05, 4.69) is 122 Å². The van der Waals surface area contributed by atoms with E-state index in [-0.39, 0.29) is 124 Å². The van der Waals surface area contributed by atoms with Crippen LogP contribution in [0.2, 0.25) is 0 Å². The van der Waals surface area contributed by atoms with Crippen LogP contribution in [0.3, 0.4) is 0 Å². The molecule has 4 amide bonds. The van der Waals surface area contributed by atoms with E-state index in [9.17, 15) is 55.9 Å². The van der Waals surface area contributed by atoms with Gasteiger partial charge in [-0.3, -0.25) is 58.3 Å². The van der Waals surface area contributed by atoms with E-state index in [1.807, 2.05) is 62.3 Å². The number of ketones is 4. The molecule has 702 valence electrons. The molecule has 0 aromatic carbocycles. The van der Waals surface area contributed by atoms with Gasteiger partial charge in [0.15, 0.2) is 45.4 Å². The SMILES string of the molecule is Cc1nc2nc(N[C@@H](C)c3cncc(F)c3)nc(C(=O)N3CC(CC(=O)C4(C)CC4)C3)c2s1.Cc1nc2nc(N[C@@H](C)c3cncc(F)c3)nc(C(=O)N3CC(CC(=O)C4CCC4)C3)c2s1.Cc1nc2nc(N[C@@H](C)c3cncc(F)c3)nc(C(=O)N3CC(CC(=O)C4CCCC4)C3)c2s1.Cc1nc2nc(N[C@@H](C)c3cncc(F)c3)nc(C(=O)N3CC(CC(=O)CC(C)(C)C)C3)c2s1. The molecule has 7 aliphatic rings. The summed E-state index contributed by atoms with van der Waals surface area (Å²) in [5.74, 6) is 1.09. The molecule has 16 heterocycles. The summed E-state index contributed by atoms with van der Waals surface area (Å²) < 4.78 is 56.9. The number of carbonyl (C=O) groups excluding carboxylic acids is 8. The number of Topliss-reactive ketones (excluding diaryl/α,β-unsaturated/α-hetero) is 4. The number of likely N-dealkylation sites (tertiary alicyclic amines) is 4. The number of amides is 4. The van der Waals surface area contributed by atoms with Crippen LogP contribution in [0.4, 0.5) is 41.4 Å². The maximum atomic E-state index is 13.6. The number of halogens is 4. The third-order valence-electron chi connectivity index (χ3n) is 25.3. The van der Waals surface area contributed by atoms with Crippen molar-refractivity contribution in [3.63, 3.8) is 0 Å². The number of aryl methyl sites for hydroxylation is 4. The fourth-order valence-corrected chi connectivity index (χ4v) is 20.6. The van der Waals surface area contributed by atoms with Gasteiger partial charge in [0.2, 0.25) is 23.8 Å². The number of hydrogen-bond acceptors (Lipinski definition) is 32. The molecule has 0 spiro atoms. The number of aromatic nitrogens is 16. The van der Waals surface area contributed by atoms with Crippen LogP contribution < -0.4 is 21.3 Å². The highest BCUT2D eigenvalue weighted by molar-refractivity contribution is 7.20. The number of pyridine rings is 4. The Morgan fingerprint density at radius 3 is 0.888 bits per heavy atom. The van der Waals surface area contributed by atoms with Gasteiger partial charge in [0.25, 0.3) is 23.6 Å². The van der Waals surface area contributed by atoms with Crippen molar-refractivity contribution in [1.29, 1.82) is 0 Å². The molecule has 3 aliphatic carbocycles. The number of anilines is 4. The zero-order valence-corrected chi connectivity index (χ0v) is 79.9. The highest BCUT2D eigenvalue weighted by Crippen LogP contribution is 2.48. The average molecular weight is 1900 g/mol. The molecule has 3 saturated carbocycles. The van der Waals surface area contributed by atoms with Crippen molar-refractivity contribution < 1.29 is 55.9 Å². The lowest BCUT2D eigenvalue weighted by Crippen LogP contribution is -2.51. The average Bonchev–Trinajstić information content (AvgIpc) is 1.55. The number of nitrogens with zero attached hydrogens (tertiary/aromatic N) is 20. The molecule has 4 saturated heterocycles. The van der Waals surface area contributed by atoms with Crippen LogP contribution in [0.25, 0.3) is 41.4 Å². The molecule has 4 aliphatic heterocycles. The summed E-state index contributed by atoms with van der Waals surface area (Å²) in [4.78, 5) is 179. The predicted octanol–water partition coefficient (Wildman–Crippen LogP) is 16.8. The Kier molecular flexibility index (Phi) is 28.6. The lowest BCUT2D eigenvalue weighted by Gasteiger charge is -2.39. The summed E-state index contributed by atoms with van der Waals surface area (Å²) in [6.07, 6.45) is 23.0. The number of fused-ring (bicyclic) bond motifs is 4. The number of hydrogen-bond donors (Lipinski definition) is 4. The smallest absolute Gasteiger partial charge is 0.274 e. The second-order valence-corrected chi connectivity index (χ2v) is 42.6. The van der Waals surface area contributed by atoms with Crippen LogP contribution in [-0.2, 0) is 19.2 Å². The van der Waals surface area contributed by atoms with Crippen LogP contribution >= 0.6 is 45.3 Å². The second-order valence-electron chi connectivity index (χ2n) is 37.8. The van der Waals surface area contributed by atoms with Gasteiger partial charge in [0.05, 0.1) is 69.0 Å². The fraction of sp³-hybridized carbons (Fsp3) is 0.489. The van der Waals surface area contributed by atoms with Gasteiger partial charge in [-0.25, -0.2) is 57.4 Å². The van der Waals surface area contributed by atoms with Gasteiger partial charge < -0.3 is 40.9 Å². The van der Waals surface area contributed by atoms with Crippen LogP contribution in [0.15, 0.2) is 73.8 Å². The van der Waals surface area contributed by atoms with Gasteiger partial charge in [-0.05, 0) is 146 Å². The zero-order chi connectivity index (χ0) is 94.9. The Morgan fingerprint density at radius 2 is 0.642 bits per heavy atom. The van der Waals surface area contributed by atoms with Gasteiger partial charge in [0.1, 0.15) is 65.2 Å². The first-order valence-corrected chi connectivity index (χ1v) is 48.6. The molecule has 0 radical (unpaired) electrons. The van der Waals surface area contributed by atoms with Gasteiger partial charge in [-0.1, -0.05) is 47.0 Å². The topological polar surface area (TPSA) is 404 Å². The van der Waals surface area contributed by atoms with E-state index < -0.39 is 23.3 Å². The first-order chi connectivity index (χ1) is 63.9. The first kappa shape index (κ1) is 95.1. The van der Waals surface area contributed by atoms with Crippen molar-refractivity contribution in [2.24, 2.45) is 46.3 Å². The van der Waals surface area contributed by atoms with Gasteiger partial charge in [-0.15, -0.1) is 45.3 Å². The molecule has 12 aromatic heterocycles. The Bertz CT molecular complexity index is 6470. The van der Waals surface area contributed by atoms with Crippen molar-refractivity contribution in [2.45, 2.75) is 197 Å². The van der Waals surface area contributed by atoms with E-state index >= 15 is 0 Å². The van der Waals surface area contributed by atoms with E-state index in [0.717, 1.165) is 103 Å². The lowest BCUT2D eigenvalue weighted by atomic mass is 9.78. The minimum absolute atomic E-state index is 0.0327. The molecule has 19 rings (SSSR count). The van der Waals surface area contributed by atoms with Gasteiger partial charge in [-0.2, -0.15) is 19.9 Å². The Balaban J connectivity index is 0.000000130. The summed E-state index contributed by atoms with van der Waals surface area (Å²) in [7, 11) is 0. The predicted molar refractivity (Wildman–Crippen MR) is 502 cm³/mol. The van der Waals surface area contributed by atoms with Gasteiger partial charge in [0, 0.05) is 150 Å². The molecule has 12 aromatic rings. The van der Waals surface area contributed by atoms with Crippen molar-refractivity contribution in [2.75, 3.05) is 73.6 Å². The molecule has 7 fully saturated rings. The Hall–Kier alpha value is -12.0. The third kappa shape index (κ3) is 22.8. The van der Waals surface area contributed by atoms with Crippen molar-refractivity contribution in [3.8, 4) is 0 Å². The molecule has 0 unspecified atom stereocenters. The Morgan fingerprint density at radius 1 is 0.381 bits per heavy atom. The molecular weight excluding hydrogens is 1800 g/mol. The summed E-state index contributed by atoms with van der Waals surface area (Å²) in [5.41, 5.74) is 5.43. The maximum Gasteiger partial charge on any atom is 0.274 e. The van der Waals surface area contributed by atoms with E-state index in [4.69, 9.17) is 0 Å². The fourth-order valence-electron chi connectivity index (χ4n) is 17.2. The van der Waals surface area contributed by atoms with Crippen molar-refractivity contribution in [3.05, 3.63) is 162 Å². The molecule has 32 nitrogen and oxygen atoms in total. The summed E-state index contributed by atoms with van der Waals surface area (Å²) >= 11 is 5.53. The van der Waals surface area contributed by atoms with Crippen LogP contribution in [0.1, 0.15) is 254 Å². The number of thiazole rings is 4. The number of nitrogens with one attached hydrogen (secondary N) is 4. The Labute approximate surface area is 787 Å². The maximum absolute atomic E-state index is 13.6. The van der Waals surface area contributed by atoms with E-state index in [1.54, 1.807) is 44.4 Å². The van der Waals surface area contributed by atoms with Gasteiger partial charge >= 0.3 is 0 Å². The summed E-state index contributed by atoms with van der Waals surface area (Å²) in [6, 6.07) is 4.29. The van der Waals surface area contributed by atoms with E-state index in [1.165, 1.54) is 69.6 Å². The summed E-state index contributed by atoms with van der Waals surface area (Å²) in [6.45, 7) is 27.4. The normalized spacial score (nSPS) is 17.1. The highest BCUT2D eigenvalue weighted by atomic mass is 32.1. The molecule has 40 heteroatoms. The summed E-state index contributed by atoms with van der Waals surface area (Å²) in [5, 5.41) is 15.7. The quantitative estimate of drug-likeness (QED) is 0.0331. The molecule has 0 bridgehead atoms. The molecule has 4 atom stereocenters. The number of carbonyl (C=O) groups is 8. The largest absolute Gasteiger partial charge is 0.348 e. The molecule has 4 N–H and O–H groups in total. The van der Waals surface area contributed by atoms with Crippen molar-refractivity contribution >= 4 is 157 Å². The standard InChI is InChI=1S/C24H27FN6O2S.C24H29FN6O2S.2C23H25FN6O2S/c1-13(17-8-18(25)10-26-9-17)27-24-29-20(21-22(30-24)28-14(2)34-21)23(33)31-11-15(12-31)7-19(32)16-5-3-4-6-16;1-13(16-7-17(25)10-26-9-16)27-23-29-19(20-21(30-23)28-14(2)34-20)22(33)31-11-15(12-31)6-18(32)8-24(3,4)5;1-12(15-7-16(24)9-25-8-15)26-22-28-18(19-20(29-22)27-13(2)33-19)21(32)30-10-14(11-30)6-17(31)23(3)4-5-23;1-12(16-7-17(24)9-25-8-16)26-23-28-19(20-21(29-23)27-13(2)33-20)22(32)30-10-14(11-30)6-18(31)15-4-3-5-15/h8-10,13,15-16H,3-7,11-12H2,1-2H3,(H,27,29,30);7,9-10,13,15H,6,8,11-12H2,1-5H3,(H,27,29,30);7-9,12,14H,4-6,10-11H2,1-3H3,(H,26,28,29);7-9,12,14-15H,3-6,10-11H2,1-2H3,(H,26,28,29)/t2*13-;2*12-/m0000/s1. The first-order valence-electron chi connectivity index (χ1n) is 45.3. The van der Waals surface area contributed by atoms with Crippen molar-refractivity contribution in [1.82, 2.24) is 99.3 Å².